The van der Waals surface area contributed by atoms with Crippen LogP contribution in [0.4, 0.5) is 13.9 Å². The fourth-order valence-corrected chi connectivity index (χ4v) is 4.41. The molecule has 0 aromatic carbocycles. The number of aromatic nitrogens is 3. The number of carbonyl (C=O) groups is 2. The van der Waals surface area contributed by atoms with Gasteiger partial charge >= 0.3 is 5.97 Å². The Balaban J connectivity index is 1.71. The molecule has 3 heterocycles. The van der Waals surface area contributed by atoms with E-state index in [1.165, 1.54) is 6.20 Å². The number of hydrogen-bond donors (Lipinski definition) is 2. The number of hydrogen-bond acceptors (Lipinski definition) is 7. The summed E-state index contributed by atoms with van der Waals surface area (Å²) in [7, 11) is 0. The minimum atomic E-state index is -2.63. The van der Waals surface area contributed by atoms with Gasteiger partial charge in [-0.1, -0.05) is 29.9 Å². The number of aromatic carboxylic acids is 1. The maximum absolute atomic E-state index is 12.7. The van der Waals surface area contributed by atoms with E-state index in [1.54, 1.807) is 4.90 Å². The number of thiazole rings is 1. The Kier molecular flexibility index (Phi) is 7.37. The lowest BCUT2D eigenvalue weighted by molar-refractivity contribution is -0.0500. The Morgan fingerprint density at radius 3 is 2.87 bits per heavy atom. The average molecular weight is 463 g/mol. The van der Waals surface area contributed by atoms with E-state index < -0.39 is 25.1 Å². The number of aromatic amines is 1. The molecule has 2 aromatic rings. The Labute approximate surface area is 180 Å². The molecule has 3 rings (SSSR count). The van der Waals surface area contributed by atoms with Crippen molar-refractivity contribution in [3.63, 3.8) is 0 Å². The zero-order chi connectivity index (χ0) is 21.8. The molecule has 0 unspecified atom stereocenters. The van der Waals surface area contributed by atoms with Gasteiger partial charge in [-0.25, -0.2) is 23.5 Å². The molecule has 12 heteroatoms. The van der Waals surface area contributed by atoms with E-state index in [9.17, 15) is 18.4 Å². The molecule has 1 saturated heterocycles. The van der Waals surface area contributed by atoms with Gasteiger partial charge in [0.1, 0.15) is 11.5 Å². The van der Waals surface area contributed by atoms with Crippen LogP contribution in [0.3, 0.4) is 0 Å². The van der Waals surface area contributed by atoms with Crippen molar-refractivity contribution < 1.29 is 28.2 Å². The van der Waals surface area contributed by atoms with Gasteiger partial charge in [-0.05, 0) is 18.8 Å². The van der Waals surface area contributed by atoms with Crippen LogP contribution in [0.15, 0.2) is 6.20 Å². The molecule has 1 aliphatic heterocycles. The monoisotopic (exact) mass is 462 g/mol. The molecule has 30 heavy (non-hydrogen) atoms. The first-order chi connectivity index (χ1) is 14.3. The number of imidazole rings is 1. The predicted octanol–water partition coefficient (Wildman–Crippen LogP) is 3.53. The van der Waals surface area contributed by atoms with Crippen LogP contribution in [0.2, 0.25) is 5.15 Å². The van der Waals surface area contributed by atoms with Crippen molar-refractivity contribution in [1.29, 1.82) is 0 Å². The summed E-state index contributed by atoms with van der Waals surface area (Å²) in [5.74, 6) is -1.48. The molecule has 2 aromatic heterocycles. The van der Waals surface area contributed by atoms with Gasteiger partial charge in [0.15, 0.2) is 21.9 Å². The number of rotatable bonds is 9. The normalized spacial score (nSPS) is 19.4. The lowest BCUT2D eigenvalue weighted by Gasteiger charge is -2.38. The zero-order valence-electron chi connectivity index (χ0n) is 16.1. The summed E-state index contributed by atoms with van der Waals surface area (Å²) >= 11 is 7.01. The van der Waals surface area contributed by atoms with Crippen LogP contribution in [0.5, 0.6) is 0 Å². The second kappa shape index (κ2) is 9.80. The number of carbonyl (C=O) groups excluding carboxylic acids is 1. The molecule has 1 fully saturated rings. The lowest BCUT2D eigenvalue weighted by atomic mass is 9.89. The van der Waals surface area contributed by atoms with Gasteiger partial charge in [-0.2, -0.15) is 0 Å². The van der Waals surface area contributed by atoms with Gasteiger partial charge in [0.2, 0.25) is 0 Å². The molecule has 0 amide bonds. The summed E-state index contributed by atoms with van der Waals surface area (Å²) in [5, 5.41) is 9.80. The fraction of sp³-hybridized carbons (Fsp3) is 0.556. The second-order valence-corrected chi connectivity index (χ2v) is 8.27. The molecule has 0 aliphatic carbocycles. The third-order valence-electron chi connectivity index (χ3n) is 4.90. The number of nitrogens with one attached hydrogen (secondary N) is 1. The van der Waals surface area contributed by atoms with E-state index >= 15 is 0 Å². The Hall–Kier alpha value is -2.11. The summed E-state index contributed by atoms with van der Waals surface area (Å²) < 4.78 is 30.9. The highest BCUT2D eigenvalue weighted by molar-refractivity contribution is 7.17. The maximum atomic E-state index is 12.7. The topological polar surface area (TPSA) is 108 Å². The molecule has 0 saturated carbocycles. The van der Waals surface area contributed by atoms with E-state index in [-0.39, 0.29) is 40.5 Å². The molecular formula is C18H21ClF2N4O4S. The van der Waals surface area contributed by atoms with Crippen molar-refractivity contribution in [3.8, 4) is 0 Å². The van der Waals surface area contributed by atoms with Crippen molar-refractivity contribution in [2.75, 3.05) is 24.6 Å². The Morgan fingerprint density at radius 1 is 1.50 bits per heavy atom. The first kappa shape index (κ1) is 22.6. The third kappa shape index (κ3) is 5.32. The standard InChI is InChI=1S/C18H21ClF2N4O4S/c1-2-10-15(19)24-16(23-10)11(26)5-9-3-4-25(7-12(9)29-8-14(20)21)18-22-6-13(30-18)17(27)28/h6,9,12,14H,2-5,7-8H2,1H3,(H,23,24)(H,27,28)/t9-,12-/m0/s1. The maximum Gasteiger partial charge on any atom is 0.347 e. The number of Topliss-reactive ketones (excluding diaryl/α,β-unsaturated/α-hetero) is 1. The van der Waals surface area contributed by atoms with Gasteiger partial charge in [0.05, 0.1) is 18.0 Å². The number of ketones is 1. The molecule has 2 N–H and O–H groups in total. The number of aryl methyl sites for hydroxylation is 1. The number of piperidine rings is 1. The van der Waals surface area contributed by atoms with Crippen LogP contribution >= 0.6 is 22.9 Å². The molecule has 2 atom stereocenters. The van der Waals surface area contributed by atoms with Crippen molar-refractivity contribution in [2.24, 2.45) is 5.92 Å². The minimum Gasteiger partial charge on any atom is -0.477 e. The van der Waals surface area contributed by atoms with Gasteiger partial charge in [0, 0.05) is 19.5 Å². The van der Waals surface area contributed by atoms with E-state index in [0.717, 1.165) is 11.3 Å². The van der Waals surface area contributed by atoms with Gasteiger partial charge in [0.25, 0.3) is 6.43 Å². The Bertz CT molecular complexity index is 907. The van der Waals surface area contributed by atoms with Crippen LogP contribution in [0.1, 0.15) is 45.7 Å². The van der Waals surface area contributed by atoms with Gasteiger partial charge in [-0.3, -0.25) is 4.79 Å². The van der Waals surface area contributed by atoms with Crippen molar-refractivity contribution in [3.05, 3.63) is 27.7 Å². The molecule has 0 bridgehead atoms. The summed E-state index contributed by atoms with van der Waals surface area (Å²) in [6.07, 6.45) is -0.831. The van der Waals surface area contributed by atoms with Crippen molar-refractivity contribution >= 4 is 39.8 Å². The zero-order valence-corrected chi connectivity index (χ0v) is 17.7. The number of anilines is 1. The molecule has 8 nitrogen and oxygen atoms in total. The molecular weight excluding hydrogens is 442 g/mol. The first-order valence-electron chi connectivity index (χ1n) is 9.39. The SMILES string of the molecule is CCc1[nH]c(C(=O)C[C@@H]2CCN(c3ncc(C(=O)O)s3)C[C@@H]2OCC(F)F)nc1Cl. The smallest absolute Gasteiger partial charge is 0.347 e. The number of carboxylic acids is 1. The fourth-order valence-electron chi connectivity index (χ4n) is 3.36. The highest BCUT2D eigenvalue weighted by atomic mass is 35.5. The number of alkyl halides is 2. The van der Waals surface area contributed by atoms with Crippen molar-refractivity contribution in [1.82, 2.24) is 15.0 Å². The number of halogens is 3. The highest BCUT2D eigenvalue weighted by Gasteiger charge is 2.34. The Morgan fingerprint density at radius 2 is 2.27 bits per heavy atom. The molecule has 1 aliphatic rings. The van der Waals surface area contributed by atoms with Crippen LogP contribution in [0.25, 0.3) is 0 Å². The van der Waals surface area contributed by atoms with Gasteiger partial charge in [-0.15, -0.1) is 0 Å². The van der Waals surface area contributed by atoms with Gasteiger partial charge < -0.3 is 19.7 Å². The number of H-pyrrole nitrogens is 1. The predicted molar refractivity (Wildman–Crippen MR) is 107 cm³/mol. The van der Waals surface area contributed by atoms with Crippen LogP contribution in [-0.4, -0.2) is 64.0 Å². The second-order valence-electron chi connectivity index (χ2n) is 6.91. The lowest BCUT2D eigenvalue weighted by Crippen LogP contribution is -2.46. The summed E-state index contributed by atoms with van der Waals surface area (Å²) in [6, 6.07) is 0. The third-order valence-corrected chi connectivity index (χ3v) is 6.26. The van der Waals surface area contributed by atoms with Crippen LogP contribution in [-0.2, 0) is 11.2 Å². The average Bonchev–Trinajstić information content (AvgIpc) is 3.34. The van der Waals surface area contributed by atoms with E-state index in [4.69, 9.17) is 21.4 Å². The largest absolute Gasteiger partial charge is 0.477 e. The van der Waals surface area contributed by atoms with E-state index in [2.05, 4.69) is 15.0 Å². The van der Waals surface area contributed by atoms with E-state index in [0.29, 0.717) is 30.2 Å². The summed E-state index contributed by atoms with van der Waals surface area (Å²) in [6.45, 7) is 1.87. The number of nitrogens with zero attached hydrogens (tertiary/aromatic N) is 3. The van der Waals surface area contributed by atoms with Crippen molar-refractivity contribution in [2.45, 2.75) is 38.7 Å². The highest BCUT2D eigenvalue weighted by Crippen LogP contribution is 2.31. The van der Waals surface area contributed by atoms with Crippen LogP contribution < -0.4 is 4.90 Å². The molecule has 164 valence electrons. The quantitative estimate of drug-likeness (QED) is 0.549. The molecule has 0 spiro atoms. The summed E-state index contributed by atoms with van der Waals surface area (Å²) in [5.41, 5.74) is 0.665. The minimum absolute atomic E-state index is 0.0764. The number of carboxylic acid groups (broad SMARTS) is 1. The summed E-state index contributed by atoms with van der Waals surface area (Å²) in [4.78, 5) is 36.7. The molecule has 0 radical (unpaired) electrons. The van der Waals surface area contributed by atoms with E-state index in [1.807, 2.05) is 6.92 Å². The first-order valence-corrected chi connectivity index (χ1v) is 10.6. The number of ether oxygens (including phenoxy) is 1. The van der Waals surface area contributed by atoms with Crippen LogP contribution in [0, 0.1) is 5.92 Å².